The molecule has 3 N–H and O–H groups in total. The molecule has 4 nitrogen and oxygen atoms in total. The standard InChI is InChI=1S/C16H19ClN4S/c1-10(2)8-19-16(18)20-9-14-21-15(11(3)22-14)12-4-6-13(17)7-5-12/h4-7H,1,8-9H2,2-3H3,(H3,18,19,20). The molecule has 0 amide bonds. The summed E-state index contributed by atoms with van der Waals surface area (Å²) in [4.78, 5) is 10.1. The summed E-state index contributed by atoms with van der Waals surface area (Å²) in [6.07, 6.45) is 0. The molecule has 1 aromatic carbocycles. The van der Waals surface area contributed by atoms with E-state index in [1.54, 1.807) is 11.3 Å². The zero-order valence-electron chi connectivity index (χ0n) is 12.7. The molecule has 22 heavy (non-hydrogen) atoms. The molecule has 2 aromatic rings. The minimum atomic E-state index is 0.406. The maximum Gasteiger partial charge on any atom is 0.189 e. The number of aromatic nitrogens is 1. The van der Waals surface area contributed by atoms with Crippen LogP contribution in [0.4, 0.5) is 0 Å². The monoisotopic (exact) mass is 334 g/mol. The van der Waals surface area contributed by atoms with Gasteiger partial charge in [-0.15, -0.1) is 11.3 Å². The van der Waals surface area contributed by atoms with E-state index in [1.807, 2.05) is 31.2 Å². The quantitative estimate of drug-likeness (QED) is 0.497. The number of hydrogen-bond donors (Lipinski definition) is 2. The Balaban J connectivity index is 2.08. The largest absolute Gasteiger partial charge is 0.370 e. The van der Waals surface area contributed by atoms with Crippen LogP contribution >= 0.6 is 22.9 Å². The van der Waals surface area contributed by atoms with Gasteiger partial charge in [0.05, 0.1) is 12.2 Å². The van der Waals surface area contributed by atoms with Crippen LogP contribution in [0.5, 0.6) is 0 Å². The second-order valence-electron chi connectivity index (χ2n) is 5.03. The molecule has 1 heterocycles. The third-order valence-corrected chi connectivity index (χ3v) is 4.12. The number of nitrogens with two attached hydrogens (primary N) is 1. The highest BCUT2D eigenvalue weighted by atomic mass is 35.5. The molecule has 0 radical (unpaired) electrons. The molecule has 0 unspecified atom stereocenters. The Labute approximate surface area is 139 Å². The van der Waals surface area contributed by atoms with Crippen LogP contribution in [0.3, 0.4) is 0 Å². The molecule has 0 saturated heterocycles. The lowest BCUT2D eigenvalue weighted by molar-refractivity contribution is 0.935. The van der Waals surface area contributed by atoms with Gasteiger partial charge in [-0.1, -0.05) is 35.9 Å². The minimum absolute atomic E-state index is 0.406. The first-order chi connectivity index (χ1) is 10.5. The maximum atomic E-state index is 5.92. The number of thiazole rings is 1. The van der Waals surface area contributed by atoms with Gasteiger partial charge in [0.15, 0.2) is 5.96 Å². The summed E-state index contributed by atoms with van der Waals surface area (Å²) in [6, 6.07) is 7.68. The van der Waals surface area contributed by atoms with E-state index in [-0.39, 0.29) is 0 Å². The Bertz CT molecular complexity index is 689. The minimum Gasteiger partial charge on any atom is -0.370 e. The molecule has 0 saturated carbocycles. The molecular weight excluding hydrogens is 316 g/mol. The second-order valence-corrected chi connectivity index (χ2v) is 6.76. The van der Waals surface area contributed by atoms with Crippen molar-refractivity contribution in [1.82, 2.24) is 10.3 Å². The van der Waals surface area contributed by atoms with Gasteiger partial charge in [0.2, 0.25) is 0 Å². The molecule has 2 rings (SSSR count). The topological polar surface area (TPSA) is 63.3 Å². The number of nitrogens with zero attached hydrogens (tertiary/aromatic N) is 2. The van der Waals surface area contributed by atoms with Crippen molar-refractivity contribution in [2.75, 3.05) is 6.54 Å². The van der Waals surface area contributed by atoms with E-state index in [1.165, 1.54) is 0 Å². The number of hydrogen-bond acceptors (Lipinski definition) is 3. The average molecular weight is 335 g/mol. The van der Waals surface area contributed by atoms with E-state index in [0.29, 0.717) is 19.0 Å². The van der Waals surface area contributed by atoms with E-state index in [9.17, 15) is 0 Å². The van der Waals surface area contributed by atoms with Gasteiger partial charge in [0.1, 0.15) is 5.01 Å². The van der Waals surface area contributed by atoms with Gasteiger partial charge in [-0.2, -0.15) is 0 Å². The predicted molar refractivity (Wildman–Crippen MR) is 95.4 cm³/mol. The highest BCUT2D eigenvalue weighted by molar-refractivity contribution is 7.12. The first kappa shape index (κ1) is 16.5. The molecular formula is C16H19ClN4S. The number of rotatable bonds is 5. The van der Waals surface area contributed by atoms with Crippen LogP contribution in [0, 0.1) is 6.92 Å². The van der Waals surface area contributed by atoms with Crippen LogP contribution in [-0.2, 0) is 6.54 Å². The van der Waals surface area contributed by atoms with Crippen LogP contribution in [0.25, 0.3) is 11.3 Å². The average Bonchev–Trinajstić information content (AvgIpc) is 2.85. The van der Waals surface area contributed by atoms with Crippen molar-refractivity contribution in [3.63, 3.8) is 0 Å². The fourth-order valence-electron chi connectivity index (χ4n) is 1.84. The fraction of sp³-hybridized carbons (Fsp3) is 0.250. The molecule has 0 bridgehead atoms. The van der Waals surface area contributed by atoms with Gasteiger partial charge >= 0.3 is 0 Å². The lowest BCUT2D eigenvalue weighted by atomic mass is 10.1. The van der Waals surface area contributed by atoms with Crippen LogP contribution in [0.2, 0.25) is 5.02 Å². The third-order valence-electron chi connectivity index (χ3n) is 2.91. The molecule has 0 aliphatic heterocycles. The maximum absolute atomic E-state index is 5.92. The van der Waals surface area contributed by atoms with Crippen molar-refractivity contribution >= 4 is 28.9 Å². The zero-order chi connectivity index (χ0) is 16.1. The number of benzene rings is 1. The predicted octanol–water partition coefficient (Wildman–Crippen LogP) is 3.75. The molecule has 0 spiro atoms. The van der Waals surface area contributed by atoms with E-state index >= 15 is 0 Å². The Morgan fingerprint density at radius 3 is 2.73 bits per heavy atom. The van der Waals surface area contributed by atoms with Crippen molar-refractivity contribution in [3.8, 4) is 11.3 Å². The lowest BCUT2D eigenvalue weighted by Gasteiger charge is -2.03. The van der Waals surface area contributed by atoms with Crippen LogP contribution in [0.15, 0.2) is 41.4 Å². The second kappa shape index (κ2) is 7.42. The summed E-state index contributed by atoms with van der Waals surface area (Å²) in [5, 5.41) is 4.66. The van der Waals surface area contributed by atoms with E-state index in [2.05, 4.69) is 28.8 Å². The zero-order valence-corrected chi connectivity index (χ0v) is 14.3. The summed E-state index contributed by atoms with van der Waals surface area (Å²) in [5.41, 5.74) is 8.84. The molecule has 1 aromatic heterocycles. The summed E-state index contributed by atoms with van der Waals surface area (Å²) in [7, 11) is 0. The fourth-order valence-corrected chi connectivity index (χ4v) is 2.85. The van der Waals surface area contributed by atoms with Gasteiger partial charge < -0.3 is 11.1 Å². The Morgan fingerprint density at radius 1 is 1.41 bits per heavy atom. The Kier molecular flexibility index (Phi) is 5.57. The first-order valence-corrected chi connectivity index (χ1v) is 8.05. The van der Waals surface area contributed by atoms with E-state index in [4.69, 9.17) is 17.3 Å². The van der Waals surface area contributed by atoms with Crippen molar-refractivity contribution < 1.29 is 0 Å². The first-order valence-electron chi connectivity index (χ1n) is 6.86. The van der Waals surface area contributed by atoms with E-state index in [0.717, 1.165) is 31.7 Å². The van der Waals surface area contributed by atoms with Crippen LogP contribution in [0.1, 0.15) is 16.8 Å². The van der Waals surface area contributed by atoms with Crippen molar-refractivity contribution in [1.29, 1.82) is 0 Å². The molecule has 0 fully saturated rings. The number of aliphatic imine (C=N–C) groups is 1. The molecule has 0 aliphatic carbocycles. The van der Waals surface area contributed by atoms with Gasteiger partial charge in [-0.3, -0.25) is 0 Å². The third kappa shape index (κ3) is 4.58. The highest BCUT2D eigenvalue weighted by Gasteiger charge is 2.09. The van der Waals surface area contributed by atoms with Gasteiger partial charge in [-0.25, -0.2) is 9.98 Å². The molecule has 0 aliphatic rings. The normalized spacial score (nSPS) is 11.5. The van der Waals surface area contributed by atoms with Gasteiger partial charge in [0, 0.05) is 22.0 Å². The van der Waals surface area contributed by atoms with Crippen molar-refractivity contribution in [2.24, 2.45) is 10.7 Å². The number of aryl methyl sites for hydroxylation is 1. The molecule has 6 heteroatoms. The van der Waals surface area contributed by atoms with E-state index < -0.39 is 0 Å². The van der Waals surface area contributed by atoms with Crippen LogP contribution in [-0.4, -0.2) is 17.5 Å². The lowest BCUT2D eigenvalue weighted by Crippen LogP contribution is -2.32. The Hall–Kier alpha value is -1.85. The smallest absolute Gasteiger partial charge is 0.189 e. The van der Waals surface area contributed by atoms with Crippen molar-refractivity contribution in [2.45, 2.75) is 20.4 Å². The number of halogens is 1. The van der Waals surface area contributed by atoms with Gasteiger partial charge in [0.25, 0.3) is 0 Å². The summed E-state index contributed by atoms with van der Waals surface area (Å²) < 4.78 is 0. The summed E-state index contributed by atoms with van der Waals surface area (Å²) >= 11 is 7.55. The molecule has 0 atom stereocenters. The Morgan fingerprint density at radius 2 is 2.09 bits per heavy atom. The number of nitrogens with one attached hydrogen (secondary N) is 1. The van der Waals surface area contributed by atoms with Gasteiger partial charge in [-0.05, 0) is 26.0 Å². The summed E-state index contributed by atoms with van der Waals surface area (Å²) in [6.45, 7) is 8.89. The summed E-state index contributed by atoms with van der Waals surface area (Å²) in [5.74, 6) is 0.406. The van der Waals surface area contributed by atoms with Crippen molar-refractivity contribution in [3.05, 3.63) is 51.3 Å². The van der Waals surface area contributed by atoms with Crippen LogP contribution < -0.4 is 11.1 Å². The SMILES string of the molecule is C=C(C)CNC(N)=NCc1nc(-c2ccc(Cl)cc2)c(C)s1. The molecule has 116 valence electrons. The number of guanidine groups is 1. The highest BCUT2D eigenvalue weighted by Crippen LogP contribution is 2.28.